The van der Waals surface area contributed by atoms with Crippen molar-refractivity contribution in [2.45, 2.75) is 225 Å². The predicted molar refractivity (Wildman–Crippen MR) is 240 cm³/mol. The lowest BCUT2D eigenvalue weighted by Gasteiger charge is -2.34. The molecule has 0 bridgehead atoms. The molecule has 0 aromatic rings. The second kappa shape index (κ2) is 41.3. The van der Waals surface area contributed by atoms with E-state index in [-0.39, 0.29) is 42.7 Å². The van der Waals surface area contributed by atoms with Gasteiger partial charge in [0.05, 0.1) is 40.3 Å². The van der Waals surface area contributed by atoms with Gasteiger partial charge in [0.25, 0.3) is 0 Å². The maximum absolute atomic E-state index is 12.7. The fraction of sp³-hybridized carbons (Fsp3) is 0.820. The zero-order valence-electron chi connectivity index (χ0n) is 38.5. The van der Waals surface area contributed by atoms with E-state index < -0.39 is 18.1 Å². The Morgan fingerprint density at radius 2 is 0.966 bits per heavy atom. The smallest absolute Gasteiger partial charge is 0.306 e. The van der Waals surface area contributed by atoms with Gasteiger partial charge in [-0.2, -0.15) is 0 Å². The van der Waals surface area contributed by atoms with E-state index in [2.05, 4.69) is 50.3 Å². The fourth-order valence-corrected chi connectivity index (χ4v) is 7.13. The molecule has 0 saturated heterocycles. The number of quaternary nitrogens is 1. The van der Waals surface area contributed by atoms with E-state index in [4.69, 9.17) is 14.2 Å². The molecule has 0 aliphatic carbocycles. The summed E-state index contributed by atoms with van der Waals surface area (Å²) < 4.78 is 17.2. The van der Waals surface area contributed by atoms with Gasteiger partial charge in [-0.15, -0.1) is 0 Å². The zero-order chi connectivity index (χ0) is 42.8. The molecule has 0 heterocycles. The normalized spacial score (nSPS) is 13.2. The van der Waals surface area contributed by atoms with Crippen LogP contribution in [-0.2, 0) is 28.6 Å². The Morgan fingerprint density at radius 1 is 0.534 bits per heavy atom. The van der Waals surface area contributed by atoms with Crippen LogP contribution in [0.4, 0.5) is 0 Å². The number of esters is 2. The molecule has 8 heteroatoms. The Hall–Kier alpha value is -2.45. The molecule has 0 radical (unpaired) electrons. The summed E-state index contributed by atoms with van der Waals surface area (Å²) in [4.78, 5) is 36.9. The third kappa shape index (κ3) is 39.0. The van der Waals surface area contributed by atoms with Gasteiger partial charge in [0.1, 0.15) is 12.6 Å². The minimum Gasteiger partial charge on any atom is -0.544 e. The monoisotopic (exact) mass is 818 g/mol. The summed E-state index contributed by atoms with van der Waals surface area (Å²) in [5.41, 5.74) is 0. The number of ether oxygens (including phenoxy) is 3. The highest BCUT2D eigenvalue weighted by molar-refractivity contribution is 5.70. The summed E-state index contributed by atoms with van der Waals surface area (Å²) in [7, 11) is 5.41. The van der Waals surface area contributed by atoms with Crippen molar-refractivity contribution in [2.24, 2.45) is 0 Å². The SMILES string of the molecule is CC/C=C/C=C/C=C/CCCCCCCCCC(=O)OC(COCCC(C(=O)[O-])[N+](C)(C)C)COC(=O)CCCCCCCCCCCCCCCCCCCCC. The lowest BCUT2D eigenvalue weighted by molar-refractivity contribution is -0.889. The molecule has 0 fully saturated rings. The Labute approximate surface area is 357 Å². The van der Waals surface area contributed by atoms with E-state index in [1.165, 1.54) is 122 Å². The van der Waals surface area contributed by atoms with Crippen molar-refractivity contribution in [3.8, 4) is 0 Å². The van der Waals surface area contributed by atoms with Crippen LogP contribution in [0.15, 0.2) is 36.5 Å². The standard InChI is InChI=1S/C50H91NO7/c1-6-8-10-12-14-16-18-20-22-23-24-25-27-28-30-32-34-36-38-40-48(52)57-45-46(44-56-43-42-47(50(54)55)51(3,4)5)58-49(53)41-39-37-35-33-31-29-26-21-19-17-15-13-11-9-7-2/h9,11,13,15,17,19,46-47H,6-8,10,12,14,16,18,20-45H2,1-5H3/b11-9+,15-13+,19-17+. The molecule has 58 heavy (non-hydrogen) atoms. The predicted octanol–water partition coefficient (Wildman–Crippen LogP) is 12.1. The number of nitrogens with zero attached hydrogens (tertiary/aromatic N) is 1. The zero-order valence-corrected chi connectivity index (χ0v) is 38.5. The highest BCUT2D eigenvalue weighted by atomic mass is 16.6. The molecule has 0 N–H and O–H groups in total. The average Bonchev–Trinajstić information content (AvgIpc) is 3.18. The van der Waals surface area contributed by atoms with E-state index in [0.717, 1.165) is 57.8 Å². The van der Waals surface area contributed by atoms with Crippen molar-refractivity contribution in [1.29, 1.82) is 0 Å². The third-order valence-electron chi connectivity index (χ3n) is 10.9. The first kappa shape index (κ1) is 55.5. The summed E-state index contributed by atoms with van der Waals surface area (Å²) in [6.45, 7) is 4.55. The summed E-state index contributed by atoms with van der Waals surface area (Å²) >= 11 is 0. The molecule has 2 atom stereocenters. The summed E-state index contributed by atoms with van der Waals surface area (Å²) in [5.74, 6) is -1.74. The number of hydrogen-bond acceptors (Lipinski definition) is 7. The molecule has 0 amide bonds. The number of aliphatic carboxylic acids is 1. The minimum atomic E-state index is -1.13. The second-order valence-electron chi connectivity index (χ2n) is 17.4. The van der Waals surface area contributed by atoms with Gasteiger partial charge < -0.3 is 28.6 Å². The summed E-state index contributed by atoms with van der Waals surface area (Å²) in [6, 6.07) is -0.727. The van der Waals surface area contributed by atoms with Gasteiger partial charge >= 0.3 is 11.9 Å². The van der Waals surface area contributed by atoms with E-state index in [0.29, 0.717) is 12.8 Å². The molecular weight excluding hydrogens is 727 g/mol. The number of hydrogen-bond donors (Lipinski definition) is 0. The Bertz CT molecular complexity index is 1050. The average molecular weight is 818 g/mol. The summed E-state index contributed by atoms with van der Waals surface area (Å²) in [5, 5.41) is 11.6. The Kier molecular flexibility index (Phi) is 39.5. The lowest BCUT2D eigenvalue weighted by Crippen LogP contribution is -2.55. The highest BCUT2D eigenvalue weighted by Crippen LogP contribution is 2.16. The van der Waals surface area contributed by atoms with Crippen LogP contribution in [0, 0.1) is 0 Å². The number of carbonyl (C=O) groups is 3. The van der Waals surface area contributed by atoms with Crippen molar-refractivity contribution < 1.29 is 38.2 Å². The van der Waals surface area contributed by atoms with Crippen LogP contribution >= 0.6 is 0 Å². The van der Waals surface area contributed by atoms with Crippen molar-refractivity contribution in [2.75, 3.05) is 41.0 Å². The number of likely N-dealkylation sites (N-methyl/N-ethyl adjacent to an activating group) is 1. The molecule has 2 unspecified atom stereocenters. The Morgan fingerprint density at radius 3 is 1.41 bits per heavy atom. The maximum Gasteiger partial charge on any atom is 0.306 e. The lowest BCUT2D eigenvalue weighted by atomic mass is 10.0. The van der Waals surface area contributed by atoms with Gasteiger partial charge in [-0.1, -0.05) is 198 Å². The van der Waals surface area contributed by atoms with Gasteiger partial charge in [0, 0.05) is 19.3 Å². The van der Waals surface area contributed by atoms with Crippen molar-refractivity contribution >= 4 is 17.9 Å². The van der Waals surface area contributed by atoms with Crippen LogP contribution in [0.1, 0.15) is 213 Å². The first-order valence-corrected chi connectivity index (χ1v) is 24.0. The number of unbranched alkanes of at least 4 members (excludes halogenated alkanes) is 25. The van der Waals surface area contributed by atoms with Crippen LogP contribution in [-0.4, -0.2) is 75.5 Å². The quantitative estimate of drug-likeness (QED) is 0.0261. The van der Waals surface area contributed by atoms with Crippen molar-refractivity contribution in [3.63, 3.8) is 0 Å². The number of allylic oxidation sites excluding steroid dienone is 6. The molecule has 0 aliphatic heterocycles. The first-order valence-electron chi connectivity index (χ1n) is 24.0. The van der Waals surface area contributed by atoms with E-state index in [1.54, 1.807) is 21.1 Å². The van der Waals surface area contributed by atoms with Crippen LogP contribution in [0.2, 0.25) is 0 Å². The summed E-state index contributed by atoms with van der Waals surface area (Å²) in [6.07, 6.45) is 47.4. The van der Waals surface area contributed by atoms with Crippen LogP contribution in [0.25, 0.3) is 0 Å². The Balaban J connectivity index is 4.25. The van der Waals surface area contributed by atoms with Crippen molar-refractivity contribution in [1.82, 2.24) is 0 Å². The van der Waals surface area contributed by atoms with E-state index in [1.807, 2.05) is 0 Å². The van der Waals surface area contributed by atoms with Gasteiger partial charge in [-0.05, 0) is 32.1 Å². The first-order chi connectivity index (χ1) is 28.1. The molecule has 0 aromatic heterocycles. The molecule has 0 spiro atoms. The third-order valence-corrected chi connectivity index (χ3v) is 10.9. The van der Waals surface area contributed by atoms with Gasteiger partial charge in [0.15, 0.2) is 6.10 Å². The van der Waals surface area contributed by atoms with E-state index >= 15 is 0 Å². The molecule has 0 saturated carbocycles. The number of carbonyl (C=O) groups excluding carboxylic acids is 3. The van der Waals surface area contributed by atoms with Crippen LogP contribution in [0.3, 0.4) is 0 Å². The molecule has 8 nitrogen and oxygen atoms in total. The topological polar surface area (TPSA) is 102 Å². The maximum atomic E-state index is 12.7. The van der Waals surface area contributed by atoms with Gasteiger partial charge in [-0.3, -0.25) is 9.59 Å². The van der Waals surface area contributed by atoms with E-state index in [9.17, 15) is 19.5 Å². The number of rotatable bonds is 43. The van der Waals surface area contributed by atoms with Gasteiger partial charge in [-0.25, -0.2) is 0 Å². The molecule has 0 aromatic carbocycles. The number of carboxylic acid groups (broad SMARTS) is 1. The second-order valence-corrected chi connectivity index (χ2v) is 17.4. The number of carboxylic acids is 1. The molecule has 0 rings (SSSR count). The van der Waals surface area contributed by atoms with Crippen molar-refractivity contribution in [3.05, 3.63) is 36.5 Å². The fourth-order valence-electron chi connectivity index (χ4n) is 7.13. The minimum absolute atomic E-state index is 0.0383. The highest BCUT2D eigenvalue weighted by Gasteiger charge is 2.25. The van der Waals surface area contributed by atoms with Crippen LogP contribution in [0.5, 0.6) is 0 Å². The molecular formula is C50H91NO7. The largest absolute Gasteiger partial charge is 0.544 e. The molecule has 0 aliphatic rings. The van der Waals surface area contributed by atoms with Gasteiger partial charge in [0.2, 0.25) is 0 Å². The molecule has 338 valence electrons. The van der Waals surface area contributed by atoms with Crippen LogP contribution < -0.4 is 5.11 Å².